The quantitative estimate of drug-likeness (QED) is 0.717. The maximum Gasteiger partial charge on any atom is 0.227 e. The van der Waals surface area contributed by atoms with E-state index in [-0.39, 0.29) is 0 Å². The highest BCUT2D eigenvalue weighted by Crippen LogP contribution is 2.16. The van der Waals surface area contributed by atoms with Crippen LogP contribution >= 0.6 is 0 Å². The maximum absolute atomic E-state index is 4.71. The van der Waals surface area contributed by atoms with Gasteiger partial charge in [-0.3, -0.25) is 0 Å². The highest BCUT2D eigenvalue weighted by atomic mass is 15.3. The summed E-state index contributed by atoms with van der Waals surface area (Å²) < 4.78 is 0. The Morgan fingerprint density at radius 3 is 2.50 bits per heavy atom. The molecule has 5 nitrogen and oxygen atoms in total. The van der Waals surface area contributed by atoms with Crippen LogP contribution < -0.4 is 10.2 Å². The number of aryl methyl sites for hydroxylation is 1. The normalized spacial score (nSPS) is 10.9. The van der Waals surface area contributed by atoms with E-state index in [1.807, 2.05) is 19.1 Å². The molecular formula is C19H29N5. The minimum atomic E-state index is 0.788. The van der Waals surface area contributed by atoms with E-state index < -0.39 is 0 Å². The highest BCUT2D eigenvalue weighted by Gasteiger charge is 2.10. The number of aromatic nitrogens is 2. The summed E-state index contributed by atoms with van der Waals surface area (Å²) in [6.45, 7) is 7.84. The fraction of sp³-hybridized carbons (Fsp3) is 0.474. The number of nitrogens with one attached hydrogen (secondary N) is 1. The van der Waals surface area contributed by atoms with Gasteiger partial charge in [0.2, 0.25) is 5.95 Å². The molecule has 5 heteroatoms. The van der Waals surface area contributed by atoms with Crippen molar-refractivity contribution in [3.63, 3.8) is 0 Å². The predicted octanol–water partition coefficient (Wildman–Crippen LogP) is 3.18. The third-order valence-corrected chi connectivity index (χ3v) is 3.81. The van der Waals surface area contributed by atoms with Crippen molar-refractivity contribution in [1.29, 1.82) is 0 Å². The lowest BCUT2D eigenvalue weighted by molar-refractivity contribution is 0.405. The van der Waals surface area contributed by atoms with E-state index >= 15 is 0 Å². The van der Waals surface area contributed by atoms with Gasteiger partial charge in [-0.1, -0.05) is 30.3 Å². The summed E-state index contributed by atoms with van der Waals surface area (Å²) in [7, 11) is 4.19. The zero-order chi connectivity index (χ0) is 17.4. The van der Waals surface area contributed by atoms with Crippen molar-refractivity contribution in [3.05, 3.63) is 47.7 Å². The molecule has 1 aromatic carbocycles. The van der Waals surface area contributed by atoms with E-state index in [2.05, 4.69) is 65.4 Å². The molecule has 0 atom stereocenters. The van der Waals surface area contributed by atoms with Crippen molar-refractivity contribution in [2.45, 2.75) is 26.8 Å². The summed E-state index contributed by atoms with van der Waals surface area (Å²) in [6.07, 6.45) is 1.09. The Balaban J connectivity index is 2.05. The van der Waals surface area contributed by atoms with Gasteiger partial charge in [-0.15, -0.1) is 0 Å². The molecule has 0 fully saturated rings. The van der Waals surface area contributed by atoms with Gasteiger partial charge in [-0.25, -0.2) is 4.98 Å². The monoisotopic (exact) mass is 327 g/mol. The van der Waals surface area contributed by atoms with E-state index in [9.17, 15) is 0 Å². The van der Waals surface area contributed by atoms with Crippen LogP contribution in [0, 0.1) is 6.92 Å². The maximum atomic E-state index is 4.71. The summed E-state index contributed by atoms with van der Waals surface area (Å²) >= 11 is 0. The molecule has 0 aliphatic rings. The second-order valence-electron chi connectivity index (χ2n) is 6.28. The second kappa shape index (κ2) is 9.23. The minimum Gasteiger partial charge on any atom is -0.370 e. The summed E-state index contributed by atoms with van der Waals surface area (Å²) in [5.74, 6) is 1.69. The van der Waals surface area contributed by atoms with E-state index in [4.69, 9.17) is 4.98 Å². The lowest BCUT2D eigenvalue weighted by Gasteiger charge is -2.22. The summed E-state index contributed by atoms with van der Waals surface area (Å²) in [5, 5.41) is 3.42. The van der Waals surface area contributed by atoms with Crippen molar-refractivity contribution >= 4 is 11.8 Å². The lowest BCUT2D eigenvalue weighted by atomic mass is 10.2. The Hall–Kier alpha value is -2.14. The average Bonchev–Trinajstić information content (AvgIpc) is 2.57. The molecule has 24 heavy (non-hydrogen) atoms. The van der Waals surface area contributed by atoms with Gasteiger partial charge in [0, 0.05) is 31.4 Å². The molecule has 1 aromatic heterocycles. The number of hydrogen-bond acceptors (Lipinski definition) is 5. The van der Waals surface area contributed by atoms with Crippen LogP contribution in [-0.2, 0) is 6.54 Å². The van der Waals surface area contributed by atoms with Crippen LogP contribution in [0.3, 0.4) is 0 Å². The van der Waals surface area contributed by atoms with Crippen molar-refractivity contribution in [1.82, 2.24) is 14.9 Å². The van der Waals surface area contributed by atoms with Crippen LogP contribution in [-0.4, -0.2) is 48.6 Å². The zero-order valence-electron chi connectivity index (χ0n) is 15.3. The molecule has 0 aliphatic heterocycles. The molecule has 0 unspecified atom stereocenters. The Morgan fingerprint density at radius 1 is 1.08 bits per heavy atom. The van der Waals surface area contributed by atoms with Crippen LogP contribution in [0.1, 0.15) is 24.6 Å². The first kappa shape index (κ1) is 18.2. The SMILES string of the molecule is CCN(Cc1ccccc1)c1nc(C)cc(NCCCN(C)C)n1. The molecule has 130 valence electrons. The van der Waals surface area contributed by atoms with Gasteiger partial charge in [-0.2, -0.15) is 4.98 Å². The van der Waals surface area contributed by atoms with Crippen LogP contribution in [0.15, 0.2) is 36.4 Å². The van der Waals surface area contributed by atoms with Crippen LogP contribution in [0.2, 0.25) is 0 Å². The van der Waals surface area contributed by atoms with Gasteiger partial charge in [0.05, 0.1) is 0 Å². The molecule has 0 amide bonds. The summed E-state index contributed by atoms with van der Waals surface area (Å²) in [5.41, 5.74) is 2.26. The molecular weight excluding hydrogens is 298 g/mol. The minimum absolute atomic E-state index is 0.788. The van der Waals surface area contributed by atoms with E-state index in [0.717, 1.165) is 50.1 Å². The molecule has 0 saturated heterocycles. The Bertz CT molecular complexity index is 612. The highest BCUT2D eigenvalue weighted by molar-refractivity contribution is 5.44. The van der Waals surface area contributed by atoms with Gasteiger partial charge in [0.15, 0.2) is 0 Å². The Kier molecular flexibility index (Phi) is 7.00. The van der Waals surface area contributed by atoms with E-state index in [0.29, 0.717) is 0 Å². The first-order chi connectivity index (χ1) is 11.6. The first-order valence-corrected chi connectivity index (χ1v) is 8.61. The lowest BCUT2D eigenvalue weighted by Crippen LogP contribution is -2.25. The van der Waals surface area contributed by atoms with Crippen LogP contribution in [0.5, 0.6) is 0 Å². The second-order valence-corrected chi connectivity index (χ2v) is 6.28. The number of benzene rings is 1. The molecule has 0 saturated carbocycles. The zero-order valence-corrected chi connectivity index (χ0v) is 15.3. The largest absolute Gasteiger partial charge is 0.370 e. The predicted molar refractivity (Wildman–Crippen MR) is 102 cm³/mol. The first-order valence-electron chi connectivity index (χ1n) is 8.61. The fourth-order valence-corrected chi connectivity index (χ4v) is 2.52. The molecule has 0 radical (unpaired) electrons. The molecule has 1 heterocycles. The molecule has 2 rings (SSSR count). The van der Waals surface area contributed by atoms with Gasteiger partial charge < -0.3 is 15.1 Å². The van der Waals surface area contributed by atoms with Crippen molar-refractivity contribution < 1.29 is 0 Å². The molecule has 1 N–H and O–H groups in total. The summed E-state index contributed by atoms with van der Waals surface area (Å²) in [4.78, 5) is 13.7. The van der Waals surface area contributed by atoms with Gasteiger partial charge in [0.25, 0.3) is 0 Å². The topological polar surface area (TPSA) is 44.3 Å². The van der Waals surface area contributed by atoms with Crippen LogP contribution in [0.25, 0.3) is 0 Å². The van der Waals surface area contributed by atoms with Crippen molar-refractivity contribution in [2.75, 3.05) is 43.9 Å². The van der Waals surface area contributed by atoms with Crippen LogP contribution in [0.4, 0.5) is 11.8 Å². The van der Waals surface area contributed by atoms with Gasteiger partial charge >= 0.3 is 0 Å². The van der Waals surface area contributed by atoms with Gasteiger partial charge in [-0.05, 0) is 46.5 Å². The molecule has 0 aliphatic carbocycles. The van der Waals surface area contributed by atoms with E-state index in [1.165, 1.54) is 5.56 Å². The van der Waals surface area contributed by atoms with Crippen molar-refractivity contribution in [2.24, 2.45) is 0 Å². The third-order valence-electron chi connectivity index (χ3n) is 3.81. The smallest absolute Gasteiger partial charge is 0.227 e. The molecule has 2 aromatic rings. The van der Waals surface area contributed by atoms with Crippen molar-refractivity contribution in [3.8, 4) is 0 Å². The Morgan fingerprint density at radius 2 is 1.83 bits per heavy atom. The third kappa shape index (κ3) is 5.81. The Labute approximate surface area is 145 Å². The standard InChI is InChI=1S/C19H29N5/c1-5-24(15-17-10-7-6-8-11-17)19-21-16(2)14-18(22-19)20-12-9-13-23(3)4/h6-8,10-11,14H,5,9,12-13,15H2,1-4H3,(H,20,21,22). The number of anilines is 2. The average molecular weight is 327 g/mol. The fourth-order valence-electron chi connectivity index (χ4n) is 2.52. The summed E-state index contributed by atoms with van der Waals surface area (Å²) in [6, 6.07) is 12.5. The number of rotatable bonds is 9. The van der Waals surface area contributed by atoms with E-state index in [1.54, 1.807) is 0 Å². The number of hydrogen-bond donors (Lipinski definition) is 1. The molecule has 0 spiro atoms. The molecule has 0 bridgehead atoms. The van der Waals surface area contributed by atoms with Gasteiger partial charge in [0.1, 0.15) is 5.82 Å². The number of nitrogens with zero attached hydrogens (tertiary/aromatic N) is 4.